The van der Waals surface area contributed by atoms with Gasteiger partial charge in [-0.3, -0.25) is 14.4 Å². The minimum atomic E-state index is -0.531. The van der Waals surface area contributed by atoms with E-state index in [9.17, 15) is 18.8 Å². The van der Waals surface area contributed by atoms with Crippen LogP contribution in [0.1, 0.15) is 36.0 Å². The molecule has 0 spiro atoms. The Morgan fingerprint density at radius 1 is 1.11 bits per heavy atom. The van der Waals surface area contributed by atoms with Gasteiger partial charge in [-0.1, -0.05) is 23.9 Å². The second kappa shape index (κ2) is 11.8. The van der Waals surface area contributed by atoms with Crippen LogP contribution in [0.2, 0.25) is 0 Å². The van der Waals surface area contributed by atoms with E-state index in [1.807, 2.05) is 0 Å². The number of amidine groups is 1. The van der Waals surface area contributed by atoms with Gasteiger partial charge in [0.25, 0.3) is 11.8 Å². The summed E-state index contributed by atoms with van der Waals surface area (Å²) in [5, 5.41) is 5.67. The fourth-order valence-corrected chi connectivity index (χ4v) is 4.96. The first-order chi connectivity index (χ1) is 17.0. The second-order valence-electron chi connectivity index (χ2n) is 8.28. The van der Waals surface area contributed by atoms with Crippen molar-refractivity contribution < 1.29 is 23.5 Å². The van der Waals surface area contributed by atoms with Crippen LogP contribution in [-0.2, 0) is 9.59 Å². The molecule has 35 heavy (non-hydrogen) atoms. The first-order valence-corrected chi connectivity index (χ1v) is 12.5. The van der Waals surface area contributed by atoms with Crippen LogP contribution in [0.15, 0.2) is 53.5 Å². The Morgan fingerprint density at radius 3 is 2.71 bits per heavy atom. The second-order valence-corrected chi connectivity index (χ2v) is 9.45. The lowest BCUT2D eigenvalue weighted by molar-refractivity contribution is -0.121. The van der Waals surface area contributed by atoms with Gasteiger partial charge in [0, 0.05) is 36.8 Å². The van der Waals surface area contributed by atoms with Gasteiger partial charge in [-0.2, -0.15) is 4.99 Å². The van der Waals surface area contributed by atoms with Crippen molar-refractivity contribution in [1.82, 2.24) is 10.2 Å². The molecule has 1 unspecified atom stereocenters. The first-order valence-electron chi connectivity index (χ1n) is 11.6. The van der Waals surface area contributed by atoms with Crippen molar-refractivity contribution in [3.63, 3.8) is 0 Å². The van der Waals surface area contributed by atoms with Gasteiger partial charge in [-0.25, -0.2) is 4.39 Å². The summed E-state index contributed by atoms with van der Waals surface area (Å²) in [5.74, 6) is -0.927. The number of anilines is 1. The molecule has 0 saturated carbocycles. The van der Waals surface area contributed by atoms with Crippen molar-refractivity contribution in [2.45, 2.75) is 30.9 Å². The molecule has 3 amide bonds. The third kappa shape index (κ3) is 7.05. The maximum absolute atomic E-state index is 13.2. The highest BCUT2D eigenvalue weighted by molar-refractivity contribution is 8.15. The lowest BCUT2D eigenvalue weighted by Crippen LogP contribution is -2.33. The third-order valence-electron chi connectivity index (χ3n) is 5.59. The zero-order valence-electron chi connectivity index (χ0n) is 19.2. The number of benzene rings is 2. The van der Waals surface area contributed by atoms with Crippen LogP contribution < -0.4 is 15.4 Å². The molecule has 2 heterocycles. The zero-order valence-corrected chi connectivity index (χ0v) is 20.0. The van der Waals surface area contributed by atoms with Crippen LogP contribution in [0.5, 0.6) is 5.75 Å². The van der Waals surface area contributed by atoms with E-state index < -0.39 is 11.1 Å². The van der Waals surface area contributed by atoms with E-state index in [-0.39, 0.29) is 37.3 Å². The Labute approximate surface area is 207 Å². The van der Waals surface area contributed by atoms with Crippen molar-refractivity contribution in [2.24, 2.45) is 4.99 Å². The maximum atomic E-state index is 13.2. The molecule has 2 aliphatic rings. The highest BCUT2D eigenvalue weighted by Gasteiger charge is 2.33. The molecule has 1 atom stereocenters. The molecular formula is C25H27FN4O4S. The van der Waals surface area contributed by atoms with Crippen LogP contribution >= 0.6 is 11.8 Å². The van der Waals surface area contributed by atoms with E-state index >= 15 is 0 Å². The number of nitrogens with zero attached hydrogens (tertiary/aromatic N) is 2. The van der Waals surface area contributed by atoms with Gasteiger partial charge in [0.1, 0.15) is 23.4 Å². The quantitative estimate of drug-likeness (QED) is 0.541. The summed E-state index contributed by atoms with van der Waals surface area (Å²) >= 11 is 1.35. The fourth-order valence-electron chi connectivity index (χ4n) is 3.84. The number of likely N-dealkylation sites (tertiary alicyclic amines) is 1. The van der Waals surface area contributed by atoms with Crippen molar-refractivity contribution in [3.8, 4) is 5.75 Å². The van der Waals surface area contributed by atoms with E-state index in [4.69, 9.17) is 4.74 Å². The molecule has 0 aromatic heterocycles. The SMILES string of the molecule is O=C(CC1SC(N2CCCCC2)=NC1=O)Nc1cccc(C(=O)NCCOc2cccc(F)c2)c1. The number of hydrogen-bond acceptors (Lipinski definition) is 6. The summed E-state index contributed by atoms with van der Waals surface area (Å²) < 4.78 is 18.6. The summed E-state index contributed by atoms with van der Waals surface area (Å²) in [7, 11) is 0. The van der Waals surface area contributed by atoms with Gasteiger partial charge in [0.2, 0.25) is 5.91 Å². The Morgan fingerprint density at radius 2 is 1.91 bits per heavy atom. The van der Waals surface area contributed by atoms with Crippen molar-refractivity contribution in [2.75, 3.05) is 31.6 Å². The molecule has 1 fully saturated rings. The van der Waals surface area contributed by atoms with Crippen molar-refractivity contribution in [1.29, 1.82) is 0 Å². The summed E-state index contributed by atoms with van der Waals surface area (Å²) in [6.45, 7) is 2.19. The lowest BCUT2D eigenvalue weighted by atomic mass is 10.1. The topological polar surface area (TPSA) is 100 Å². The summed E-state index contributed by atoms with van der Waals surface area (Å²) in [6, 6.07) is 12.3. The number of aliphatic imine (C=N–C) groups is 1. The summed E-state index contributed by atoms with van der Waals surface area (Å²) in [5.41, 5.74) is 0.835. The largest absolute Gasteiger partial charge is 0.492 e. The van der Waals surface area contributed by atoms with Gasteiger partial charge in [0.05, 0.1) is 6.54 Å². The van der Waals surface area contributed by atoms with Gasteiger partial charge in [0.15, 0.2) is 5.17 Å². The molecular weight excluding hydrogens is 471 g/mol. The Kier molecular flexibility index (Phi) is 8.36. The van der Waals surface area contributed by atoms with E-state index in [2.05, 4.69) is 20.5 Å². The molecule has 2 aromatic carbocycles. The number of nitrogens with one attached hydrogen (secondary N) is 2. The number of thioether (sulfide) groups is 1. The smallest absolute Gasteiger partial charge is 0.262 e. The minimum Gasteiger partial charge on any atom is -0.492 e. The van der Waals surface area contributed by atoms with Gasteiger partial charge in [-0.15, -0.1) is 0 Å². The van der Waals surface area contributed by atoms with E-state index in [0.29, 0.717) is 22.2 Å². The van der Waals surface area contributed by atoms with Crippen molar-refractivity contribution >= 4 is 40.3 Å². The minimum absolute atomic E-state index is 0.0121. The van der Waals surface area contributed by atoms with Crippen LogP contribution in [0.3, 0.4) is 0 Å². The molecule has 4 rings (SSSR count). The van der Waals surface area contributed by atoms with E-state index in [0.717, 1.165) is 25.9 Å². The molecule has 2 aromatic rings. The van der Waals surface area contributed by atoms with E-state index in [1.54, 1.807) is 36.4 Å². The molecule has 2 N–H and O–H groups in total. The van der Waals surface area contributed by atoms with Crippen LogP contribution in [0.25, 0.3) is 0 Å². The van der Waals surface area contributed by atoms with Crippen LogP contribution in [0.4, 0.5) is 10.1 Å². The predicted octanol–water partition coefficient (Wildman–Crippen LogP) is 3.45. The van der Waals surface area contributed by atoms with E-state index in [1.165, 1.54) is 30.3 Å². The molecule has 2 aliphatic heterocycles. The summed E-state index contributed by atoms with van der Waals surface area (Å²) in [4.78, 5) is 43.6. The predicted molar refractivity (Wildman–Crippen MR) is 133 cm³/mol. The molecule has 8 nitrogen and oxygen atoms in total. The normalized spacial score (nSPS) is 17.6. The Balaban J connectivity index is 1.23. The average Bonchev–Trinajstić information content (AvgIpc) is 3.22. The average molecular weight is 499 g/mol. The number of halogens is 1. The first kappa shape index (κ1) is 24.7. The number of carbonyl (C=O) groups excluding carboxylic acids is 3. The van der Waals surface area contributed by atoms with Crippen LogP contribution in [0, 0.1) is 5.82 Å². The fraction of sp³-hybridized carbons (Fsp3) is 0.360. The summed E-state index contributed by atoms with van der Waals surface area (Å²) in [6.07, 6.45) is 3.37. The molecule has 1 saturated heterocycles. The number of amides is 3. The van der Waals surface area contributed by atoms with Crippen LogP contribution in [-0.4, -0.2) is 59.3 Å². The zero-order chi connectivity index (χ0) is 24.6. The van der Waals surface area contributed by atoms with Gasteiger partial charge < -0.3 is 20.3 Å². The monoisotopic (exact) mass is 498 g/mol. The van der Waals surface area contributed by atoms with Crippen molar-refractivity contribution in [3.05, 3.63) is 59.9 Å². The highest BCUT2D eigenvalue weighted by Crippen LogP contribution is 2.29. The number of hydrogen-bond donors (Lipinski definition) is 2. The maximum Gasteiger partial charge on any atom is 0.262 e. The third-order valence-corrected chi connectivity index (χ3v) is 6.80. The molecule has 10 heteroatoms. The Bertz CT molecular complexity index is 1120. The van der Waals surface area contributed by atoms with Gasteiger partial charge in [-0.05, 0) is 49.6 Å². The number of ether oxygens (including phenoxy) is 1. The number of piperidine rings is 1. The highest BCUT2D eigenvalue weighted by atomic mass is 32.2. The van der Waals surface area contributed by atoms with Gasteiger partial charge >= 0.3 is 0 Å². The number of rotatable bonds is 8. The molecule has 0 radical (unpaired) electrons. The molecule has 0 aliphatic carbocycles. The Hall–Kier alpha value is -3.40. The standard InChI is InChI=1S/C25H27FN4O4S/c26-18-7-5-9-20(15-18)34-13-10-27-23(32)17-6-4-8-19(14-17)28-22(31)16-21-24(33)29-25(35-21)30-11-2-1-3-12-30/h4-9,14-15,21H,1-3,10-13,16H2,(H,27,32)(H,28,31). The number of carbonyl (C=O) groups is 3. The molecule has 184 valence electrons. The lowest BCUT2D eigenvalue weighted by Gasteiger charge is -2.27. The molecule has 0 bridgehead atoms.